The standard InChI is InChI=1S/C13H17NO4/c1-7-4-9(18-12(7)13(15)16)6-14-10-5-8-2-3-11(10)17-8/h4,8,10-11,14H,2-3,5-6H2,1H3,(H,15,16). The largest absolute Gasteiger partial charge is 0.475 e. The molecule has 2 saturated heterocycles. The number of carboxylic acids is 1. The molecule has 1 aromatic rings. The average Bonchev–Trinajstić information content (AvgIpc) is 3.00. The van der Waals surface area contributed by atoms with Crippen LogP contribution in [0.2, 0.25) is 0 Å². The molecule has 3 atom stereocenters. The van der Waals surface area contributed by atoms with Gasteiger partial charge in [0.25, 0.3) is 0 Å². The van der Waals surface area contributed by atoms with Crippen LogP contribution in [0.15, 0.2) is 10.5 Å². The third kappa shape index (κ3) is 2.04. The number of fused-ring (bicyclic) bond motifs is 2. The van der Waals surface area contributed by atoms with Crippen LogP contribution in [0.4, 0.5) is 0 Å². The number of hydrogen-bond acceptors (Lipinski definition) is 4. The number of furan rings is 1. The van der Waals surface area contributed by atoms with E-state index in [1.54, 1.807) is 13.0 Å². The van der Waals surface area contributed by atoms with Gasteiger partial charge in [0.15, 0.2) is 0 Å². The molecular weight excluding hydrogens is 234 g/mol. The lowest BCUT2D eigenvalue weighted by atomic mass is 9.95. The van der Waals surface area contributed by atoms with Crippen LogP contribution in [-0.4, -0.2) is 29.3 Å². The van der Waals surface area contributed by atoms with Crippen LogP contribution in [0.25, 0.3) is 0 Å². The van der Waals surface area contributed by atoms with E-state index in [-0.39, 0.29) is 5.76 Å². The smallest absolute Gasteiger partial charge is 0.372 e. The summed E-state index contributed by atoms with van der Waals surface area (Å²) in [5.74, 6) is -0.300. The third-order valence-electron chi connectivity index (χ3n) is 3.81. The van der Waals surface area contributed by atoms with Crippen LogP contribution in [0.3, 0.4) is 0 Å². The molecule has 2 aliphatic heterocycles. The average molecular weight is 251 g/mol. The van der Waals surface area contributed by atoms with Gasteiger partial charge in [-0.3, -0.25) is 0 Å². The minimum absolute atomic E-state index is 0.0380. The zero-order valence-electron chi connectivity index (χ0n) is 10.3. The number of carboxylic acid groups (broad SMARTS) is 1. The Bertz CT molecular complexity index is 468. The van der Waals surface area contributed by atoms with Gasteiger partial charge in [0, 0.05) is 11.6 Å². The molecule has 5 nitrogen and oxygen atoms in total. The number of nitrogens with one attached hydrogen (secondary N) is 1. The predicted octanol–water partition coefficient (Wildman–Crippen LogP) is 1.70. The first-order valence-electron chi connectivity index (χ1n) is 6.35. The second kappa shape index (κ2) is 4.40. The first-order chi connectivity index (χ1) is 8.63. The fourth-order valence-electron chi connectivity index (χ4n) is 2.93. The molecule has 2 aliphatic rings. The van der Waals surface area contributed by atoms with Crippen molar-refractivity contribution in [1.82, 2.24) is 5.32 Å². The molecule has 3 heterocycles. The maximum Gasteiger partial charge on any atom is 0.372 e. The van der Waals surface area contributed by atoms with E-state index in [2.05, 4.69) is 5.32 Å². The fraction of sp³-hybridized carbons (Fsp3) is 0.615. The van der Waals surface area contributed by atoms with Gasteiger partial charge in [-0.15, -0.1) is 0 Å². The Hall–Kier alpha value is -1.33. The van der Waals surface area contributed by atoms with Gasteiger partial charge in [-0.1, -0.05) is 0 Å². The van der Waals surface area contributed by atoms with Crippen LogP contribution in [-0.2, 0) is 11.3 Å². The molecule has 18 heavy (non-hydrogen) atoms. The summed E-state index contributed by atoms with van der Waals surface area (Å²) in [4.78, 5) is 10.9. The summed E-state index contributed by atoms with van der Waals surface area (Å²) >= 11 is 0. The SMILES string of the molecule is Cc1cc(CNC2CC3CCC2O3)oc1C(=O)O. The molecule has 0 aliphatic carbocycles. The molecular formula is C13H17NO4. The topological polar surface area (TPSA) is 71.7 Å². The molecule has 2 fully saturated rings. The van der Waals surface area contributed by atoms with Gasteiger partial charge in [-0.05, 0) is 32.3 Å². The van der Waals surface area contributed by atoms with Gasteiger partial charge in [0.2, 0.25) is 5.76 Å². The highest BCUT2D eigenvalue weighted by atomic mass is 16.5. The van der Waals surface area contributed by atoms with Crippen molar-refractivity contribution < 1.29 is 19.1 Å². The Morgan fingerprint density at radius 2 is 2.39 bits per heavy atom. The Kier molecular flexibility index (Phi) is 2.87. The zero-order chi connectivity index (χ0) is 12.7. The van der Waals surface area contributed by atoms with E-state index in [9.17, 15) is 4.79 Å². The van der Waals surface area contributed by atoms with Crippen LogP contribution >= 0.6 is 0 Å². The summed E-state index contributed by atoms with van der Waals surface area (Å²) in [7, 11) is 0. The van der Waals surface area contributed by atoms with E-state index in [0.29, 0.717) is 36.1 Å². The normalized spacial score (nSPS) is 29.9. The number of ether oxygens (including phenoxy) is 1. The van der Waals surface area contributed by atoms with Gasteiger partial charge < -0.3 is 19.6 Å². The molecule has 2 bridgehead atoms. The van der Waals surface area contributed by atoms with Crippen molar-refractivity contribution in [2.24, 2.45) is 0 Å². The first kappa shape index (κ1) is 11.7. The highest BCUT2D eigenvalue weighted by Crippen LogP contribution is 2.34. The first-order valence-corrected chi connectivity index (χ1v) is 6.35. The third-order valence-corrected chi connectivity index (χ3v) is 3.81. The molecule has 0 radical (unpaired) electrons. The Morgan fingerprint density at radius 3 is 2.94 bits per heavy atom. The second-order valence-corrected chi connectivity index (χ2v) is 5.13. The van der Waals surface area contributed by atoms with E-state index in [0.717, 1.165) is 12.8 Å². The molecule has 3 unspecified atom stereocenters. The maximum absolute atomic E-state index is 10.9. The molecule has 0 aromatic carbocycles. The van der Waals surface area contributed by atoms with Crippen LogP contribution < -0.4 is 5.32 Å². The van der Waals surface area contributed by atoms with Gasteiger partial charge in [0.1, 0.15) is 5.76 Å². The molecule has 3 rings (SSSR count). The minimum Gasteiger partial charge on any atom is -0.475 e. The van der Waals surface area contributed by atoms with Gasteiger partial charge >= 0.3 is 5.97 Å². The summed E-state index contributed by atoms with van der Waals surface area (Å²) in [6.07, 6.45) is 4.09. The molecule has 1 aromatic heterocycles. The zero-order valence-corrected chi connectivity index (χ0v) is 10.3. The van der Waals surface area contributed by atoms with Crippen molar-refractivity contribution in [3.63, 3.8) is 0 Å². The lowest BCUT2D eigenvalue weighted by Gasteiger charge is -2.19. The number of carbonyl (C=O) groups is 1. The lowest BCUT2D eigenvalue weighted by molar-refractivity contribution is 0.0658. The van der Waals surface area contributed by atoms with Crippen LogP contribution in [0, 0.1) is 6.92 Å². The maximum atomic E-state index is 10.9. The van der Waals surface area contributed by atoms with E-state index < -0.39 is 5.97 Å². The lowest BCUT2D eigenvalue weighted by Crippen LogP contribution is -2.36. The van der Waals surface area contributed by atoms with Crippen molar-refractivity contribution in [3.8, 4) is 0 Å². The summed E-state index contributed by atoms with van der Waals surface area (Å²) in [5, 5.41) is 12.3. The quantitative estimate of drug-likeness (QED) is 0.852. The van der Waals surface area contributed by atoms with Gasteiger partial charge in [0.05, 0.1) is 18.8 Å². The number of aromatic carboxylic acids is 1. The predicted molar refractivity (Wildman–Crippen MR) is 63.5 cm³/mol. The van der Waals surface area contributed by atoms with Crippen LogP contribution in [0.5, 0.6) is 0 Å². The molecule has 98 valence electrons. The summed E-state index contributed by atoms with van der Waals surface area (Å²) in [6.45, 7) is 2.31. The Balaban J connectivity index is 1.60. The molecule has 5 heteroatoms. The monoisotopic (exact) mass is 251 g/mol. The summed E-state index contributed by atoms with van der Waals surface area (Å²) in [6, 6.07) is 2.16. The van der Waals surface area contributed by atoms with Crippen molar-refractivity contribution >= 4 is 5.97 Å². The number of rotatable bonds is 4. The fourth-order valence-corrected chi connectivity index (χ4v) is 2.93. The minimum atomic E-state index is -1.01. The van der Waals surface area contributed by atoms with E-state index in [1.807, 2.05) is 0 Å². The molecule has 2 N–H and O–H groups in total. The highest BCUT2D eigenvalue weighted by molar-refractivity contribution is 5.86. The van der Waals surface area contributed by atoms with E-state index in [1.165, 1.54) is 6.42 Å². The second-order valence-electron chi connectivity index (χ2n) is 5.13. The Morgan fingerprint density at radius 1 is 1.56 bits per heavy atom. The highest BCUT2D eigenvalue weighted by Gasteiger charge is 2.40. The van der Waals surface area contributed by atoms with Crippen LogP contribution in [0.1, 0.15) is 41.1 Å². The van der Waals surface area contributed by atoms with E-state index in [4.69, 9.17) is 14.3 Å². The number of hydrogen-bond donors (Lipinski definition) is 2. The van der Waals surface area contributed by atoms with Gasteiger partial charge in [-0.2, -0.15) is 0 Å². The summed E-state index contributed by atoms with van der Waals surface area (Å²) in [5.41, 5.74) is 0.670. The summed E-state index contributed by atoms with van der Waals surface area (Å²) < 4.78 is 11.1. The number of aryl methyl sites for hydroxylation is 1. The Labute approximate surface area is 105 Å². The van der Waals surface area contributed by atoms with E-state index >= 15 is 0 Å². The molecule has 0 saturated carbocycles. The molecule has 0 spiro atoms. The van der Waals surface area contributed by atoms with Crippen molar-refractivity contribution in [1.29, 1.82) is 0 Å². The van der Waals surface area contributed by atoms with Crippen molar-refractivity contribution in [2.45, 2.75) is 51.0 Å². The van der Waals surface area contributed by atoms with Crippen molar-refractivity contribution in [3.05, 3.63) is 23.2 Å². The van der Waals surface area contributed by atoms with Crippen molar-refractivity contribution in [2.75, 3.05) is 0 Å². The van der Waals surface area contributed by atoms with Gasteiger partial charge in [-0.25, -0.2) is 4.79 Å². The molecule has 0 amide bonds.